The van der Waals surface area contributed by atoms with Gasteiger partial charge in [-0.2, -0.15) is 0 Å². The molecule has 1 aliphatic rings. The molecule has 2 amide bonds. The minimum atomic E-state index is -0.242. The van der Waals surface area contributed by atoms with Gasteiger partial charge < -0.3 is 30.3 Å². The van der Waals surface area contributed by atoms with Gasteiger partial charge in [0.2, 0.25) is 5.91 Å². The van der Waals surface area contributed by atoms with Gasteiger partial charge in [-0.05, 0) is 31.9 Å². The van der Waals surface area contributed by atoms with Crippen LogP contribution < -0.4 is 20.7 Å². The molecule has 1 heterocycles. The molecule has 168 valence electrons. The smallest absolute Gasteiger partial charge is 0.409 e. The third kappa shape index (κ3) is 9.06. The number of hydrogen-bond donors (Lipinski definition) is 3. The molecule has 0 spiro atoms. The third-order valence-corrected chi connectivity index (χ3v) is 4.40. The lowest BCUT2D eigenvalue weighted by Crippen LogP contribution is -2.50. The molecule has 0 atom stereocenters. The summed E-state index contributed by atoms with van der Waals surface area (Å²) >= 11 is 0. The van der Waals surface area contributed by atoms with Gasteiger partial charge in [0.05, 0.1) is 13.2 Å². The summed E-state index contributed by atoms with van der Waals surface area (Å²) in [5.41, 5.74) is 0.703. The molecule has 10 heteroatoms. The van der Waals surface area contributed by atoms with E-state index in [4.69, 9.17) is 9.47 Å². The van der Waals surface area contributed by atoms with Crippen LogP contribution in [0.25, 0.3) is 0 Å². The Labute approximate surface area is 195 Å². The van der Waals surface area contributed by atoms with Crippen LogP contribution in [0.1, 0.15) is 26.7 Å². The standard InChI is InChI=1S/C20H31N5O4.HI/c1-4-28-20(27)25-11-8-16(9-12-25)24-19(21-3)22-10-13-29-18-7-5-6-17(14-18)23-15(2)26;/h5-7,14,16H,4,8-13H2,1-3H3,(H,23,26)(H2,21,22,24);1H. The van der Waals surface area contributed by atoms with Crippen LogP contribution in [-0.4, -0.2) is 68.8 Å². The fraction of sp³-hybridized carbons (Fsp3) is 0.550. The van der Waals surface area contributed by atoms with Gasteiger partial charge >= 0.3 is 6.09 Å². The first kappa shape index (κ1) is 25.8. The van der Waals surface area contributed by atoms with Crippen LogP contribution in [0.15, 0.2) is 29.3 Å². The van der Waals surface area contributed by atoms with Crippen molar-refractivity contribution in [3.8, 4) is 5.75 Å². The minimum Gasteiger partial charge on any atom is -0.492 e. The fourth-order valence-electron chi connectivity index (χ4n) is 3.01. The Morgan fingerprint density at radius 3 is 2.63 bits per heavy atom. The van der Waals surface area contributed by atoms with Crippen LogP contribution in [0, 0.1) is 0 Å². The summed E-state index contributed by atoms with van der Waals surface area (Å²) < 4.78 is 10.8. The summed E-state index contributed by atoms with van der Waals surface area (Å²) in [6.45, 7) is 6.04. The number of nitrogens with zero attached hydrogens (tertiary/aromatic N) is 2. The largest absolute Gasteiger partial charge is 0.492 e. The highest BCUT2D eigenvalue weighted by Crippen LogP contribution is 2.17. The number of carbonyl (C=O) groups excluding carboxylic acids is 2. The van der Waals surface area contributed by atoms with Gasteiger partial charge in [-0.1, -0.05) is 6.07 Å². The first-order valence-corrected chi connectivity index (χ1v) is 9.91. The van der Waals surface area contributed by atoms with Crippen molar-refractivity contribution in [3.05, 3.63) is 24.3 Å². The lowest BCUT2D eigenvalue weighted by molar-refractivity contribution is -0.114. The second-order valence-corrected chi connectivity index (χ2v) is 6.66. The van der Waals surface area contributed by atoms with Crippen molar-refractivity contribution in [2.75, 3.05) is 45.2 Å². The maximum Gasteiger partial charge on any atom is 0.409 e. The number of aliphatic imine (C=N–C) groups is 1. The van der Waals surface area contributed by atoms with Crippen molar-refractivity contribution in [2.45, 2.75) is 32.7 Å². The van der Waals surface area contributed by atoms with Gasteiger partial charge in [0, 0.05) is 44.9 Å². The number of nitrogens with one attached hydrogen (secondary N) is 3. The Kier molecular flexibility index (Phi) is 11.9. The molecule has 1 fully saturated rings. The molecule has 0 bridgehead atoms. The SMILES string of the molecule is CCOC(=O)N1CCC(NC(=NC)NCCOc2cccc(NC(C)=O)c2)CC1.I. The van der Waals surface area contributed by atoms with Crippen molar-refractivity contribution >= 4 is 47.6 Å². The molecule has 9 nitrogen and oxygen atoms in total. The average Bonchev–Trinajstić information content (AvgIpc) is 2.70. The van der Waals surface area contributed by atoms with Crippen molar-refractivity contribution in [1.29, 1.82) is 0 Å². The summed E-state index contributed by atoms with van der Waals surface area (Å²) in [7, 11) is 1.72. The lowest BCUT2D eigenvalue weighted by Gasteiger charge is -2.32. The molecule has 0 aromatic heterocycles. The average molecular weight is 533 g/mol. The molecule has 0 aliphatic carbocycles. The van der Waals surface area contributed by atoms with E-state index in [0.717, 1.165) is 12.8 Å². The first-order chi connectivity index (χ1) is 14.0. The number of benzene rings is 1. The number of hydrogen-bond acceptors (Lipinski definition) is 5. The van der Waals surface area contributed by atoms with E-state index in [1.54, 1.807) is 18.0 Å². The Morgan fingerprint density at radius 1 is 1.27 bits per heavy atom. The van der Waals surface area contributed by atoms with Gasteiger partial charge in [0.25, 0.3) is 0 Å². The summed E-state index contributed by atoms with van der Waals surface area (Å²) in [6, 6.07) is 7.52. The van der Waals surface area contributed by atoms with Gasteiger partial charge in [0.15, 0.2) is 5.96 Å². The number of halogens is 1. The minimum absolute atomic E-state index is 0. The topological polar surface area (TPSA) is 104 Å². The van der Waals surface area contributed by atoms with Crippen molar-refractivity contribution < 1.29 is 19.1 Å². The fourth-order valence-corrected chi connectivity index (χ4v) is 3.01. The number of piperidine rings is 1. The Balaban J connectivity index is 0.00000450. The molecule has 1 aromatic carbocycles. The van der Waals surface area contributed by atoms with E-state index in [2.05, 4.69) is 20.9 Å². The predicted octanol–water partition coefficient (Wildman–Crippen LogP) is 2.43. The van der Waals surface area contributed by atoms with E-state index in [1.165, 1.54) is 6.92 Å². The number of likely N-dealkylation sites (tertiary alicyclic amines) is 1. The van der Waals surface area contributed by atoms with E-state index >= 15 is 0 Å². The van der Waals surface area contributed by atoms with Crippen LogP contribution >= 0.6 is 24.0 Å². The molecular formula is C20H32IN5O4. The summed E-state index contributed by atoms with van der Waals surface area (Å²) in [4.78, 5) is 28.9. The molecule has 1 aliphatic heterocycles. The van der Waals surface area contributed by atoms with Crippen LogP contribution in [0.2, 0.25) is 0 Å². The van der Waals surface area contributed by atoms with Crippen LogP contribution in [-0.2, 0) is 9.53 Å². The van der Waals surface area contributed by atoms with Gasteiger partial charge in [-0.15, -0.1) is 24.0 Å². The van der Waals surface area contributed by atoms with Crippen LogP contribution in [0.4, 0.5) is 10.5 Å². The maximum atomic E-state index is 11.8. The molecule has 2 rings (SSSR count). The van der Waals surface area contributed by atoms with Gasteiger partial charge in [-0.25, -0.2) is 4.79 Å². The maximum absolute atomic E-state index is 11.8. The number of anilines is 1. The van der Waals surface area contributed by atoms with Crippen molar-refractivity contribution in [1.82, 2.24) is 15.5 Å². The zero-order valence-corrected chi connectivity index (χ0v) is 20.1. The summed E-state index contributed by atoms with van der Waals surface area (Å²) in [5, 5.41) is 9.34. The number of amides is 2. The quantitative estimate of drug-likeness (QED) is 0.215. The number of rotatable bonds is 7. The first-order valence-electron chi connectivity index (χ1n) is 9.91. The monoisotopic (exact) mass is 533 g/mol. The lowest BCUT2D eigenvalue weighted by atomic mass is 10.1. The second-order valence-electron chi connectivity index (χ2n) is 6.66. The zero-order valence-electron chi connectivity index (χ0n) is 17.8. The Morgan fingerprint density at radius 2 is 2.00 bits per heavy atom. The molecule has 1 aromatic rings. The second kappa shape index (κ2) is 13.9. The van der Waals surface area contributed by atoms with E-state index in [-0.39, 0.29) is 42.0 Å². The molecule has 3 N–H and O–H groups in total. The van der Waals surface area contributed by atoms with Crippen molar-refractivity contribution in [3.63, 3.8) is 0 Å². The number of carbonyl (C=O) groups is 2. The summed E-state index contributed by atoms with van der Waals surface area (Å²) in [6.07, 6.45) is 1.44. The van der Waals surface area contributed by atoms with Crippen LogP contribution in [0.5, 0.6) is 5.75 Å². The highest BCUT2D eigenvalue weighted by molar-refractivity contribution is 14.0. The molecular weight excluding hydrogens is 501 g/mol. The molecule has 0 saturated carbocycles. The highest BCUT2D eigenvalue weighted by Gasteiger charge is 2.23. The van der Waals surface area contributed by atoms with E-state index in [9.17, 15) is 9.59 Å². The molecule has 30 heavy (non-hydrogen) atoms. The zero-order chi connectivity index (χ0) is 21.1. The Bertz CT molecular complexity index is 708. The molecule has 0 radical (unpaired) electrons. The van der Waals surface area contributed by atoms with E-state index in [1.807, 2.05) is 25.1 Å². The molecule has 1 saturated heterocycles. The normalized spacial score (nSPS) is 14.4. The van der Waals surface area contributed by atoms with Gasteiger partial charge in [0.1, 0.15) is 12.4 Å². The Hall–Kier alpha value is -2.24. The van der Waals surface area contributed by atoms with Gasteiger partial charge in [-0.3, -0.25) is 9.79 Å². The number of ether oxygens (including phenoxy) is 2. The van der Waals surface area contributed by atoms with Crippen LogP contribution in [0.3, 0.4) is 0 Å². The molecule has 0 unspecified atom stereocenters. The van der Waals surface area contributed by atoms with Crippen molar-refractivity contribution in [2.24, 2.45) is 4.99 Å². The third-order valence-electron chi connectivity index (χ3n) is 4.40. The predicted molar refractivity (Wildman–Crippen MR) is 128 cm³/mol. The number of guanidine groups is 1. The highest BCUT2D eigenvalue weighted by atomic mass is 127. The summed E-state index contributed by atoms with van der Waals surface area (Å²) in [5.74, 6) is 1.27. The van der Waals surface area contributed by atoms with E-state index in [0.29, 0.717) is 50.2 Å². The van der Waals surface area contributed by atoms with E-state index < -0.39 is 0 Å².